The van der Waals surface area contributed by atoms with E-state index < -0.39 is 5.60 Å². The quantitative estimate of drug-likeness (QED) is 0.928. The molecule has 0 radical (unpaired) electrons. The molecule has 0 unspecified atom stereocenters. The summed E-state index contributed by atoms with van der Waals surface area (Å²) in [7, 11) is 0. The molecule has 0 aliphatic rings. The lowest BCUT2D eigenvalue weighted by atomic mass is 10.1. The van der Waals surface area contributed by atoms with Crippen LogP contribution in [0.3, 0.4) is 0 Å². The van der Waals surface area contributed by atoms with Crippen LogP contribution in [0.25, 0.3) is 0 Å². The second kappa shape index (κ2) is 5.95. The van der Waals surface area contributed by atoms with Gasteiger partial charge in [-0.15, -0.1) is 0 Å². The van der Waals surface area contributed by atoms with Crippen molar-refractivity contribution < 1.29 is 9.53 Å². The highest BCUT2D eigenvalue weighted by Gasteiger charge is 2.30. The van der Waals surface area contributed by atoms with Crippen molar-refractivity contribution in [2.24, 2.45) is 0 Å². The lowest BCUT2D eigenvalue weighted by Gasteiger charge is -2.24. The largest absolute Gasteiger partial charge is 0.476 e. The molecule has 2 rings (SSSR count). The Labute approximate surface area is 129 Å². The number of pyridine rings is 1. The number of nitrogens with zero attached hydrogens (tertiary/aromatic N) is 2. The molecule has 0 saturated heterocycles. The smallest absolute Gasteiger partial charge is 0.269 e. The number of hydrogen-bond donors (Lipinski definition) is 1. The average molecular weight is 332 g/mol. The molecule has 1 N–H and O–H groups in total. The Morgan fingerprint density at radius 2 is 2.10 bits per heavy atom. The monoisotopic (exact) mass is 331 g/mol. The SMILES string of the molecule is CC(C)(Oc1cncc(Cl)c1)C(=O)Nc1ncc(Cl)s1. The van der Waals surface area contributed by atoms with E-state index in [0.717, 1.165) is 0 Å². The van der Waals surface area contributed by atoms with Crippen LogP contribution < -0.4 is 10.1 Å². The van der Waals surface area contributed by atoms with Crippen LogP contribution in [0.1, 0.15) is 13.8 Å². The molecule has 0 atom stereocenters. The van der Waals surface area contributed by atoms with Gasteiger partial charge in [0.25, 0.3) is 5.91 Å². The molecule has 0 aliphatic heterocycles. The molecule has 20 heavy (non-hydrogen) atoms. The average Bonchev–Trinajstić information content (AvgIpc) is 2.74. The Kier molecular flexibility index (Phi) is 4.47. The number of anilines is 1. The van der Waals surface area contributed by atoms with Crippen molar-refractivity contribution >= 4 is 45.6 Å². The predicted molar refractivity (Wildman–Crippen MR) is 79.7 cm³/mol. The minimum absolute atomic E-state index is 0.344. The van der Waals surface area contributed by atoms with E-state index in [4.69, 9.17) is 27.9 Å². The Morgan fingerprint density at radius 3 is 2.70 bits per heavy atom. The maximum Gasteiger partial charge on any atom is 0.269 e. The number of aromatic nitrogens is 2. The first-order valence-electron chi connectivity index (χ1n) is 5.59. The highest BCUT2D eigenvalue weighted by Crippen LogP contribution is 2.25. The van der Waals surface area contributed by atoms with Crippen LogP contribution in [0.2, 0.25) is 9.36 Å². The molecule has 0 spiro atoms. The van der Waals surface area contributed by atoms with Crippen LogP contribution in [0.4, 0.5) is 5.13 Å². The molecule has 0 bridgehead atoms. The van der Waals surface area contributed by atoms with Gasteiger partial charge in [0.15, 0.2) is 10.7 Å². The third-order valence-electron chi connectivity index (χ3n) is 2.30. The number of hydrogen-bond acceptors (Lipinski definition) is 5. The number of carbonyl (C=O) groups excluding carboxylic acids is 1. The highest BCUT2D eigenvalue weighted by atomic mass is 35.5. The fraction of sp³-hybridized carbons (Fsp3) is 0.250. The summed E-state index contributed by atoms with van der Waals surface area (Å²) < 4.78 is 6.11. The molecule has 2 aromatic rings. The zero-order chi connectivity index (χ0) is 14.8. The molecular formula is C12H11Cl2N3O2S. The maximum absolute atomic E-state index is 12.2. The summed E-state index contributed by atoms with van der Waals surface area (Å²) in [6.07, 6.45) is 4.44. The van der Waals surface area contributed by atoms with Crippen molar-refractivity contribution in [2.45, 2.75) is 19.4 Å². The summed E-state index contributed by atoms with van der Waals surface area (Å²) in [5.41, 5.74) is -1.11. The van der Waals surface area contributed by atoms with Crippen LogP contribution in [0, 0.1) is 0 Å². The normalized spacial score (nSPS) is 11.2. The Balaban J connectivity index is 2.07. The Hall–Kier alpha value is -1.37. The van der Waals surface area contributed by atoms with Crippen molar-refractivity contribution in [1.82, 2.24) is 9.97 Å². The second-order valence-corrected chi connectivity index (χ2v) is 6.47. The molecule has 106 valence electrons. The third kappa shape index (κ3) is 3.82. The van der Waals surface area contributed by atoms with Gasteiger partial charge < -0.3 is 4.74 Å². The number of carbonyl (C=O) groups is 1. The second-order valence-electron chi connectivity index (χ2n) is 4.37. The molecule has 5 nitrogen and oxygen atoms in total. The number of nitrogens with one attached hydrogen (secondary N) is 1. The summed E-state index contributed by atoms with van der Waals surface area (Å²) in [5, 5.41) is 3.50. The van der Waals surface area contributed by atoms with Crippen LogP contribution in [-0.4, -0.2) is 21.5 Å². The first kappa shape index (κ1) is 15.0. The van der Waals surface area contributed by atoms with Gasteiger partial charge in [-0.25, -0.2) is 4.98 Å². The lowest BCUT2D eigenvalue weighted by molar-refractivity contribution is -0.128. The van der Waals surface area contributed by atoms with Gasteiger partial charge in [0.2, 0.25) is 0 Å². The first-order chi connectivity index (χ1) is 9.37. The number of ether oxygens (including phenoxy) is 1. The first-order valence-corrected chi connectivity index (χ1v) is 7.16. The molecule has 0 fully saturated rings. The number of halogens is 2. The highest BCUT2D eigenvalue weighted by molar-refractivity contribution is 7.19. The summed E-state index contributed by atoms with van der Waals surface area (Å²) in [4.78, 5) is 20.0. The minimum atomic E-state index is -1.11. The van der Waals surface area contributed by atoms with Gasteiger partial charge in [-0.2, -0.15) is 0 Å². The predicted octanol–water partition coefficient (Wildman–Crippen LogP) is 3.64. The van der Waals surface area contributed by atoms with E-state index >= 15 is 0 Å². The van der Waals surface area contributed by atoms with Gasteiger partial charge in [0.05, 0.1) is 17.4 Å². The molecule has 2 aromatic heterocycles. The Morgan fingerprint density at radius 1 is 1.35 bits per heavy atom. The molecule has 8 heteroatoms. The zero-order valence-corrected chi connectivity index (χ0v) is 13.0. The molecule has 0 saturated carbocycles. The van der Waals surface area contributed by atoms with E-state index in [1.54, 1.807) is 19.9 Å². The van der Waals surface area contributed by atoms with Crippen molar-refractivity contribution in [2.75, 3.05) is 5.32 Å². The molecule has 1 amide bonds. The van der Waals surface area contributed by atoms with Crippen LogP contribution >= 0.6 is 34.5 Å². The standard InChI is InChI=1S/C12H11Cl2N3O2S/c1-12(2,19-8-3-7(13)4-15-5-8)10(18)17-11-16-6-9(14)20-11/h3-6H,1-2H3,(H,16,17,18). The van der Waals surface area contributed by atoms with Gasteiger partial charge in [0.1, 0.15) is 10.1 Å². The minimum Gasteiger partial charge on any atom is -0.476 e. The molecule has 0 aliphatic carbocycles. The van der Waals surface area contributed by atoms with Crippen molar-refractivity contribution in [3.8, 4) is 5.75 Å². The van der Waals surface area contributed by atoms with Crippen LogP contribution in [0.15, 0.2) is 24.7 Å². The molecule has 0 aromatic carbocycles. The summed E-state index contributed by atoms with van der Waals surface area (Å²) in [6, 6.07) is 1.59. The van der Waals surface area contributed by atoms with Gasteiger partial charge in [0, 0.05) is 12.3 Å². The van der Waals surface area contributed by atoms with Crippen molar-refractivity contribution in [3.05, 3.63) is 34.0 Å². The maximum atomic E-state index is 12.2. The summed E-state index contributed by atoms with van der Waals surface area (Å²) >= 11 is 12.7. The van der Waals surface area contributed by atoms with Crippen molar-refractivity contribution in [3.63, 3.8) is 0 Å². The topological polar surface area (TPSA) is 64.1 Å². The fourth-order valence-corrected chi connectivity index (χ4v) is 2.32. The molecule has 2 heterocycles. The number of rotatable bonds is 4. The van der Waals surface area contributed by atoms with Crippen LogP contribution in [0.5, 0.6) is 5.75 Å². The van der Waals surface area contributed by atoms with E-state index in [1.165, 1.54) is 29.9 Å². The van der Waals surface area contributed by atoms with Gasteiger partial charge in [-0.05, 0) is 13.8 Å². The van der Waals surface area contributed by atoms with E-state index in [0.29, 0.717) is 20.2 Å². The Bertz CT molecular complexity index is 631. The lowest BCUT2D eigenvalue weighted by Crippen LogP contribution is -2.42. The summed E-state index contributed by atoms with van der Waals surface area (Å²) in [5.74, 6) is 0.0679. The third-order valence-corrected chi connectivity index (χ3v) is 3.53. The number of amides is 1. The van der Waals surface area contributed by atoms with Gasteiger partial charge >= 0.3 is 0 Å². The summed E-state index contributed by atoms with van der Waals surface area (Å²) in [6.45, 7) is 3.27. The zero-order valence-electron chi connectivity index (χ0n) is 10.7. The van der Waals surface area contributed by atoms with Gasteiger partial charge in [-0.1, -0.05) is 34.5 Å². The van der Waals surface area contributed by atoms with Gasteiger partial charge in [-0.3, -0.25) is 15.1 Å². The fourth-order valence-electron chi connectivity index (χ4n) is 1.35. The van der Waals surface area contributed by atoms with E-state index in [2.05, 4.69) is 15.3 Å². The van der Waals surface area contributed by atoms with E-state index in [-0.39, 0.29) is 5.91 Å². The van der Waals surface area contributed by atoms with Crippen molar-refractivity contribution in [1.29, 1.82) is 0 Å². The number of thiazole rings is 1. The molecular weight excluding hydrogens is 321 g/mol. The van der Waals surface area contributed by atoms with E-state index in [9.17, 15) is 4.79 Å². The van der Waals surface area contributed by atoms with Crippen LogP contribution in [-0.2, 0) is 4.79 Å². The van der Waals surface area contributed by atoms with E-state index in [1.807, 2.05) is 0 Å².